The van der Waals surface area contributed by atoms with Gasteiger partial charge in [-0.2, -0.15) is 0 Å². The number of carbonyl (C=O) groups excluding carboxylic acids is 2. The molecule has 0 fully saturated rings. The van der Waals surface area contributed by atoms with E-state index in [2.05, 4.69) is 6.92 Å². The summed E-state index contributed by atoms with van der Waals surface area (Å²) in [6.07, 6.45) is 10.8. The molecule has 0 aromatic heterocycles. The van der Waals surface area contributed by atoms with Gasteiger partial charge in [0.2, 0.25) is 0 Å². The van der Waals surface area contributed by atoms with Gasteiger partial charge in [-0.25, -0.2) is 0 Å². The van der Waals surface area contributed by atoms with Gasteiger partial charge in [-0.3, -0.25) is 9.59 Å². The molecule has 0 aromatic rings. The van der Waals surface area contributed by atoms with Crippen LogP contribution in [0.25, 0.3) is 0 Å². The third-order valence-electron chi connectivity index (χ3n) is 4.23. The average molecular weight is 343 g/mol. The standard InChI is InChI=1S/C20H38O4/c1-6-7-8-9-10-11-12-13-14-15-19(21)24-18(5)17(4)20(22)23-16(2)3/h16-18H,6-15H2,1-5H3/t17?,18-/m1/s1. The third-order valence-corrected chi connectivity index (χ3v) is 4.23. The van der Waals surface area contributed by atoms with E-state index in [1.165, 1.54) is 44.9 Å². The van der Waals surface area contributed by atoms with Crippen LogP contribution in [0.2, 0.25) is 0 Å². The normalized spacial score (nSPS) is 13.6. The largest absolute Gasteiger partial charge is 0.463 e. The number of unbranched alkanes of at least 4 members (excludes halogenated alkanes) is 8. The second kappa shape index (κ2) is 14.3. The topological polar surface area (TPSA) is 52.6 Å². The Balaban J connectivity index is 3.69. The van der Waals surface area contributed by atoms with Crippen LogP contribution < -0.4 is 0 Å². The van der Waals surface area contributed by atoms with Gasteiger partial charge in [0.15, 0.2) is 0 Å². The summed E-state index contributed by atoms with van der Waals surface area (Å²) in [5, 5.41) is 0. The Labute approximate surface area is 148 Å². The van der Waals surface area contributed by atoms with E-state index >= 15 is 0 Å². The predicted octanol–water partition coefficient (Wildman–Crippen LogP) is 5.43. The lowest BCUT2D eigenvalue weighted by atomic mass is 10.1. The molecule has 0 spiro atoms. The van der Waals surface area contributed by atoms with Crippen LogP contribution in [0.3, 0.4) is 0 Å². The van der Waals surface area contributed by atoms with E-state index in [0.717, 1.165) is 12.8 Å². The van der Waals surface area contributed by atoms with Gasteiger partial charge in [-0.15, -0.1) is 0 Å². The number of hydrogen-bond acceptors (Lipinski definition) is 4. The molecule has 142 valence electrons. The quantitative estimate of drug-likeness (QED) is 0.312. The minimum atomic E-state index is -0.442. The zero-order valence-electron chi connectivity index (χ0n) is 16.4. The van der Waals surface area contributed by atoms with Crippen LogP contribution in [0.15, 0.2) is 0 Å². The van der Waals surface area contributed by atoms with Gasteiger partial charge in [0, 0.05) is 6.42 Å². The number of ether oxygens (including phenoxy) is 2. The van der Waals surface area contributed by atoms with Crippen molar-refractivity contribution in [1.29, 1.82) is 0 Å². The molecule has 0 N–H and O–H groups in total. The molecular weight excluding hydrogens is 304 g/mol. The highest BCUT2D eigenvalue weighted by atomic mass is 16.6. The molecule has 0 saturated carbocycles. The number of esters is 2. The first-order valence-corrected chi connectivity index (χ1v) is 9.78. The first-order valence-electron chi connectivity index (χ1n) is 9.78. The van der Waals surface area contributed by atoms with Gasteiger partial charge in [-0.05, 0) is 34.1 Å². The molecule has 0 aliphatic rings. The van der Waals surface area contributed by atoms with Crippen molar-refractivity contribution in [2.24, 2.45) is 5.92 Å². The molecule has 0 rings (SSSR count). The molecule has 0 radical (unpaired) electrons. The van der Waals surface area contributed by atoms with E-state index < -0.39 is 12.0 Å². The minimum absolute atomic E-state index is 0.148. The molecule has 24 heavy (non-hydrogen) atoms. The van der Waals surface area contributed by atoms with Crippen molar-refractivity contribution in [2.45, 2.75) is 111 Å². The Kier molecular flexibility index (Phi) is 13.7. The van der Waals surface area contributed by atoms with Crippen LogP contribution in [0.5, 0.6) is 0 Å². The number of rotatable bonds is 14. The Morgan fingerprint density at radius 3 is 1.75 bits per heavy atom. The van der Waals surface area contributed by atoms with Crippen LogP contribution in [0, 0.1) is 5.92 Å². The average Bonchev–Trinajstić information content (AvgIpc) is 2.51. The van der Waals surface area contributed by atoms with Crippen LogP contribution in [0.1, 0.15) is 98.8 Å². The van der Waals surface area contributed by atoms with Crippen LogP contribution >= 0.6 is 0 Å². The molecular formula is C20H38O4. The number of carbonyl (C=O) groups is 2. The Morgan fingerprint density at radius 2 is 1.25 bits per heavy atom. The van der Waals surface area contributed by atoms with Crippen molar-refractivity contribution < 1.29 is 19.1 Å². The van der Waals surface area contributed by atoms with Crippen molar-refractivity contribution in [1.82, 2.24) is 0 Å². The SMILES string of the molecule is CCCCCCCCCCCC(=O)O[C@H](C)C(C)C(=O)OC(C)C. The summed E-state index contributed by atoms with van der Waals surface area (Å²) in [5.74, 6) is -0.956. The lowest BCUT2D eigenvalue weighted by Crippen LogP contribution is -2.30. The van der Waals surface area contributed by atoms with E-state index in [9.17, 15) is 9.59 Å². The molecule has 0 aliphatic carbocycles. The lowest BCUT2D eigenvalue weighted by Gasteiger charge is -2.20. The summed E-state index contributed by atoms with van der Waals surface area (Å²) in [6.45, 7) is 9.34. The van der Waals surface area contributed by atoms with Gasteiger partial charge < -0.3 is 9.47 Å². The summed E-state index contributed by atoms with van der Waals surface area (Å²) < 4.78 is 10.5. The van der Waals surface area contributed by atoms with Gasteiger partial charge in [0.05, 0.1) is 12.0 Å². The maximum Gasteiger partial charge on any atom is 0.312 e. The Bertz CT molecular complexity index is 339. The minimum Gasteiger partial charge on any atom is -0.463 e. The van der Waals surface area contributed by atoms with Gasteiger partial charge in [0.1, 0.15) is 6.10 Å². The van der Waals surface area contributed by atoms with Crippen molar-refractivity contribution >= 4 is 11.9 Å². The van der Waals surface area contributed by atoms with E-state index in [1.807, 2.05) is 13.8 Å². The monoisotopic (exact) mass is 342 g/mol. The lowest BCUT2D eigenvalue weighted by molar-refractivity contribution is -0.162. The zero-order chi connectivity index (χ0) is 18.4. The summed E-state index contributed by atoms with van der Waals surface area (Å²) in [7, 11) is 0. The third kappa shape index (κ3) is 12.4. The second-order valence-corrected chi connectivity index (χ2v) is 7.05. The highest BCUT2D eigenvalue weighted by molar-refractivity contribution is 5.74. The molecule has 0 amide bonds. The first-order chi connectivity index (χ1) is 11.4. The number of hydrogen-bond donors (Lipinski definition) is 0. The first kappa shape index (κ1) is 22.9. The fourth-order valence-electron chi connectivity index (χ4n) is 2.48. The molecule has 4 nitrogen and oxygen atoms in total. The van der Waals surface area contributed by atoms with Crippen molar-refractivity contribution in [3.8, 4) is 0 Å². The van der Waals surface area contributed by atoms with E-state index in [-0.39, 0.29) is 18.0 Å². The van der Waals surface area contributed by atoms with Crippen molar-refractivity contribution in [3.63, 3.8) is 0 Å². The molecule has 4 heteroatoms. The summed E-state index contributed by atoms with van der Waals surface area (Å²) in [5.41, 5.74) is 0. The predicted molar refractivity (Wildman–Crippen MR) is 97.8 cm³/mol. The molecule has 0 saturated heterocycles. The molecule has 0 heterocycles. The molecule has 1 unspecified atom stereocenters. The van der Waals surface area contributed by atoms with Crippen LogP contribution in [-0.4, -0.2) is 24.1 Å². The van der Waals surface area contributed by atoms with E-state index in [4.69, 9.17) is 9.47 Å². The van der Waals surface area contributed by atoms with Gasteiger partial charge in [-0.1, -0.05) is 58.3 Å². The van der Waals surface area contributed by atoms with Crippen LogP contribution in [0.4, 0.5) is 0 Å². The highest BCUT2D eigenvalue weighted by Gasteiger charge is 2.25. The summed E-state index contributed by atoms with van der Waals surface area (Å²) in [4.78, 5) is 23.6. The maximum absolute atomic E-state index is 11.8. The van der Waals surface area contributed by atoms with Crippen molar-refractivity contribution in [2.75, 3.05) is 0 Å². The molecule has 0 aromatic carbocycles. The van der Waals surface area contributed by atoms with Gasteiger partial charge >= 0.3 is 11.9 Å². The summed E-state index contributed by atoms with van der Waals surface area (Å²) in [6, 6.07) is 0. The fourth-order valence-corrected chi connectivity index (χ4v) is 2.48. The zero-order valence-corrected chi connectivity index (χ0v) is 16.4. The second-order valence-electron chi connectivity index (χ2n) is 7.05. The van der Waals surface area contributed by atoms with Crippen molar-refractivity contribution in [3.05, 3.63) is 0 Å². The molecule has 0 aliphatic heterocycles. The Hall–Kier alpha value is -1.06. The smallest absolute Gasteiger partial charge is 0.312 e. The van der Waals surface area contributed by atoms with E-state index in [1.54, 1.807) is 13.8 Å². The van der Waals surface area contributed by atoms with E-state index in [0.29, 0.717) is 6.42 Å². The summed E-state index contributed by atoms with van der Waals surface area (Å²) >= 11 is 0. The molecule has 2 atom stereocenters. The fraction of sp³-hybridized carbons (Fsp3) is 0.900. The van der Waals surface area contributed by atoms with Crippen LogP contribution in [-0.2, 0) is 19.1 Å². The van der Waals surface area contributed by atoms with Gasteiger partial charge in [0.25, 0.3) is 0 Å². The molecule has 0 bridgehead atoms. The Morgan fingerprint density at radius 1 is 0.750 bits per heavy atom. The maximum atomic E-state index is 11.8. The highest BCUT2D eigenvalue weighted by Crippen LogP contribution is 2.14.